The van der Waals surface area contributed by atoms with E-state index in [1.807, 2.05) is 24.3 Å². The summed E-state index contributed by atoms with van der Waals surface area (Å²) in [6.07, 6.45) is 1.18. The molecule has 0 unspecified atom stereocenters. The van der Waals surface area contributed by atoms with Gasteiger partial charge in [-0.25, -0.2) is 0 Å². The molecule has 1 aromatic carbocycles. The third kappa shape index (κ3) is 4.19. The number of ether oxygens (including phenoxy) is 1. The van der Waals surface area contributed by atoms with Crippen LogP contribution in [0.2, 0.25) is 0 Å². The lowest BCUT2D eigenvalue weighted by molar-refractivity contribution is -0.121. The highest BCUT2D eigenvalue weighted by molar-refractivity contribution is 5.94. The van der Waals surface area contributed by atoms with E-state index in [-0.39, 0.29) is 17.7 Å². The number of carbonyl (C=O) groups is 2. The molecule has 0 radical (unpaired) electrons. The fourth-order valence-corrected chi connectivity index (χ4v) is 3.53. The SMILES string of the molecule is COc1cccc(-c2cc(C(=O)N3CCC(C(=O)Nc4cc(C)on4)CC3)[nH]n2)c1. The van der Waals surface area contributed by atoms with Crippen LogP contribution in [-0.2, 0) is 4.79 Å². The number of H-pyrrole nitrogens is 1. The van der Waals surface area contributed by atoms with Crippen LogP contribution in [0, 0.1) is 12.8 Å². The van der Waals surface area contributed by atoms with Gasteiger partial charge in [-0.15, -0.1) is 0 Å². The van der Waals surface area contributed by atoms with Crippen molar-refractivity contribution < 1.29 is 18.8 Å². The molecular weight excluding hydrogens is 386 g/mol. The van der Waals surface area contributed by atoms with Crippen LogP contribution in [0.15, 0.2) is 40.9 Å². The normalized spacial score (nSPS) is 14.5. The number of amides is 2. The molecule has 0 aliphatic carbocycles. The Balaban J connectivity index is 1.35. The third-order valence-corrected chi connectivity index (χ3v) is 5.21. The number of benzene rings is 1. The summed E-state index contributed by atoms with van der Waals surface area (Å²) < 4.78 is 10.2. The highest BCUT2D eigenvalue weighted by atomic mass is 16.5. The lowest BCUT2D eigenvalue weighted by Gasteiger charge is -2.30. The molecule has 1 fully saturated rings. The highest BCUT2D eigenvalue weighted by Crippen LogP contribution is 2.24. The van der Waals surface area contributed by atoms with Crippen molar-refractivity contribution in [3.63, 3.8) is 0 Å². The molecule has 9 heteroatoms. The minimum Gasteiger partial charge on any atom is -0.497 e. The van der Waals surface area contributed by atoms with E-state index in [1.54, 1.807) is 31.1 Å². The van der Waals surface area contributed by atoms with E-state index in [9.17, 15) is 9.59 Å². The lowest BCUT2D eigenvalue weighted by atomic mass is 9.95. The number of rotatable bonds is 5. The summed E-state index contributed by atoms with van der Waals surface area (Å²) >= 11 is 0. The number of aromatic nitrogens is 3. The monoisotopic (exact) mass is 409 g/mol. The van der Waals surface area contributed by atoms with Crippen molar-refractivity contribution in [2.45, 2.75) is 19.8 Å². The second kappa shape index (κ2) is 8.40. The van der Waals surface area contributed by atoms with Gasteiger partial charge >= 0.3 is 0 Å². The molecule has 0 bridgehead atoms. The van der Waals surface area contributed by atoms with Crippen molar-refractivity contribution in [1.29, 1.82) is 0 Å². The highest BCUT2D eigenvalue weighted by Gasteiger charge is 2.29. The maximum Gasteiger partial charge on any atom is 0.271 e. The quantitative estimate of drug-likeness (QED) is 0.670. The number of nitrogens with zero attached hydrogens (tertiary/aromatic N) is 3. The topological polar surface area (TPSA) is 113 Å². The van der Waals surface area contributed by atoms with Crippen LogP contribution in [0.5, 0.6) is 5.75 Å². The number of methoxy groups -OCH3 is 1. The number of piperidine rings is 1. The van der Waals surface area contributed by atoms with E-state index in [4.69, 9.17) is 9.26 Å². The first-order valence-electron chi connectivity index (χ1n) is 9.77. The molecule has 4 rings (SSSR count). The molecule has 1 aliphatic heterocycles. The number of nitrogens with one attached hydrogen (secondary N) is 2. The molecule has 2 N–H and O–H groups in total. The molecule has 9 nitrogen and oxygen atoms in total. The predicted octanol–water partition coefficient (Wildman–Crippen LogP) is 2.87. The zero-order valence-electron chi connectivity index (χ0n) is 16.8. The average Bonchev–Trinajstić information content (AvgIpc) is 3.42. The minimum absolute atomic E-state index is 0.0998. The molecule has 3 aromatic rings. The van der Waals surface area contributed by atoms with Crippen molar-refractivity contribution in [3.05, 3.63) is 47.9 Å². The van der Waals surface area contributed by atoms with E-state index < -0.39 is 0 Å². The fraction of sp³-hybridized carbons (Fsp3) is 0.333. The fourth-order valence-electron chi connectivity index (χ4n) is 3.53. The van der Waals surface area contributed by atoms with Crippen LogP contribution >= 0.6 is 0 Å². The Morgan fingerprint density at radius 3 is 2.73 bits per heavy atom. The first-order valence-corrected chi connectivity index (χ1v) is 9.77. The summed E-state index contributed by atoms with van der Waals surface area (Å²) in [7, 11) is 1.61. The van der Waals surface area contributed by atoms with Gasteiger partial charge in [-0.3, -0.25) is 14.7 Å². The van der Waals surface area contributed by atoms with Crippen molar-refractivity contribution in [2.24, 2.45) is 5.92 Å². The Morgan fingerprint density at radius 1 is 1.23 bits per heavy atom. The standard InChI is InChI=1S/C21H23N5O4/c1-13-10-19(25-30-13)22-20(27)14-6-8-26(9-7-14)21(28)18-12-17(23-24-18)15-4-3-5-16(11-15)29-2/h3-5,10-12,14H,6-9H2,1-2H3,(H,23,24)(H,22,25,27). The smallest absolute Gasteiger partial charge is 0.271 e. The number of likely N-dealkylation sites (tertiary alicyclic amines) is 1. The van der Waals surface area contributed by atoms with E-state index in [2.05, 4.69) is 20.7 Å². The van der Waals surface area contributed by atoms with Crippen LogP contribution < -0.4 is 10.1 Å². The van der Waals surface area contributed by atoms with Gasteiger partial charge in [0.2, 0.25) is 5.91 Å². The minimum atomic E-state index is -0.167. The number of hydrogen-bond acceptors (Lipinski definition) is 6. The number of anilines is 1. The summed E-state index contributed by atoms with van der Waals surface area (Å²) in [4.78, 5) is 27.0. The van der Waals surface area contributed by atoms with Crippen molar-refractivity contribution in [3.8, 4) is 17.0 Å². The maximum atomic E-state index is 12.8. The zero-order valence-corrected chi connectivity index (χ0v) is 16.8. The molecule has 0 spiro atoms. The van der Waals surface area contributed by atoms with Gasteiger partial charge in [0.15, 0.2) is 5.82 Å². The van der Waals surface area contributed by atoms with Crippen molar-refractivity contribution in [2.75, 3.05) is 25.5 Å². The van der Waals surface area contributed by atoms with Crippen molar-refractivity contribution >= 4 is 17.6 Å². The zero-order chi connectivity index (χ0) is 21.1. The van der Waals surface area contributed by atoms with Crippen LogP contribution in [0.4, 0.5) is 5.82 Å². The summed E-state index contributed by atoms with van der Waals surface area (Å²) in [6.45, 7) is 2.77. The van der Waals surface area contributed by atoms with Gasteiger partial charge < -0.3 is 19.5 Å². The van der Waals surface area contributed by atoms with Crippen LogP contribution in [-0.4, -0.2) is 52.3 Å². The van der Waals surface area contributed by atoms with Gasteiger partial charge in [0.1, 0.15) is 17.2 Å². The number of aromatic amines is 1. The summed E-state index contributed by atoms with van der Waals surface area (Å²) in [5.74, 6) is 1.39. The van der Waals surface area contributed by atoms with Crippen LogP contribution in [0.3, 0.4) is 0 Å². The van der Waals surface area contributed by atoms with Gasteiger partial charge in [-0.1, -0.05) is 17.3 Å². The van der Waals surface area contributed by atoms with Crippen molar-refractivity contribution in [1.82, 2.24) is 20.3 Å². The van der Waals surface area contributed by atoms with E-state index in [0.29, 0.717) is 48.9 Å². The molecule has 1 aliphatic rings. The molecule has 2 amide bonds. The molecule has 0 atom stereocenters. The van der Waals surface area contributed by atoms with E-state index in [1.165, 1.54) is 0 Å². The van der Waals surface area contributed by atoms with Crippen LogP contribution in [0.1, 0.15) is 29.1 Å². The molecule has 3 heterocycles. The maximum absolute atomic E-state index is 12.8. The largest absolute Gasteiger partial charge is 0.497 e. The number of carbonyl (C=O) groups excluding carboxylic acids is 2. The average molecular weight is 409 g/mol. The van der Waals surface area contributed by atoms with E-state index in [0.717, 1.165) is 11.3 Å². The Bertz CT molecular complexity index is 1050. The Labute approximate surface area is 173 Å². The summed E-state index contributed by atoms with van der Waals surface area (Å²) in [6, 6.07) is 10.9. The molecule has 0 saturated carbocycles. The molecule has 30 heavy (non-hydrogen) atoms. The second-order valence-electron chi connectivity index (χ2n) is 7.28. The van der Waals surface area contributed by atoms with Gasteiger partial charge in [-0.05, 0) is 38.0 Å². The molecule has 156 valence electrons. The predicted molar refractivity (Wildman–Crippen MR) is 109 cm³/mol. The Hall–Kier alpha value is -3.62. The summed E-state index contributed by atoms with van der Waals surface area (Å²) in [5.41, 5.74) is 1.96. The Morgan fingerprint density at radius 2 is 2.03 bits per heavy atom. The van der Waals surface area contributed by atoms with E-state index >= 15 is 0 Å². The van der Waals surface area contributed by atoms with Gasteiger partial charge in [0.05, 0.1) is 12.8 Å². The number of aryl methyl sites for hydroxylation is 1. The third-order valence-electron chi connectivity index (χ3n) is 5.21. The second-order valence-corrected chi connectivity index (χ2v) is 7.28. The molecule has 2 aromatic heterocycles. The summed E-state index contributed by atoms with van der Waals surface area (Å²) in [5, 5.41) is 13.6. The molecular formula is C21H23N5O4. The molecule has 1 saturated heterocycles. The van der Waals surface area contributed by atoms with Gasteiger partial charge in [0.25, 0.3) is 5.91 Å². The number of hydrogen-bond donors (Lipinski definition) is 2. The lowest BCUT2D eigenvalue weighted by Crippen LogP contribution is -2.41. The Kier molecular flexibility index (Phi) is 5.51. The van der Waals surface area contributed by atoms with Gasteiger partial charge in [0, 0.05) is 30.6 Å². The first-order chi connectivity index (χ1) is 14.5. The first kappa shape index (κ1) is 19.7. The van der Waals surface area contributed by atoms with Crippen LogP contribution in [0.25, 0.3) is 11.3 Å². The van der Waals surface area contributed by atoms with Gasteiger partial charge in [-0.2, -0.15) is 5.10 Å².